The maximum Gasteiger partial charge on any atom is 0.344 e. The van der Waals surface area contributed by atoms with Gasteiger partial charge in [0.1, 0.15) is 0 Å². The maximum absolute atomic E-state index is 10.7. The summed E-state index contributed by atoms with van der Waals surface area (Å²) in [6, 6.07) is 4.69. The van der Waals surface area contributed by atoms with Crippen LogP contribution in [-0.2, 0) is 9.59 Å². The number of rotatable bonds is 6. The van der Waals surface area contributed by atoms with Crippen molar-refractivity contribution in [2.24, 2.45) is 0 Å². The molecule has 0 saturated carbocycles. The van der Waals surface area contributed by atoms with E-state index in [-0.39, 0.29) is 5.75 Å². The van der Waals surface area contributed by atoms with Crippen molar-refractivity contribution in [1.29, 1.82) is 0 Å². The Bertz CT molecular complexity index is 506. The molecular weight excluding hydrogens is 252 g/mol. The van der Waals surface area contributed by atoms with Crippen LogP contribution in [0.3, 0.4) is 0 Å². The van der Waals surface area contributed by atoms with Crippen LogP contribution in [0.5, 0.6) is 11.5 Å². The molecule has 19 heavy (non-hydrogen) atoms. The van der Waals surface area contributed by atoms with E-state index in [0.717, 1.165) is 6.08 Å². The molecule has 0 aliphatic rings. The lowest BCUT2D eigenvalue weighted by atomic mass is 10.2. The first-order valence-corrected chi connectivity index (χ1v) is 5.42. The topological polar surface area (TPSA) is 93.1 Å². The molecule has 1 atom stereocenters. The van der Waals surface area contributed by atoms with Crippen molar-refractivity contribution < 1.29 is 29.3 Å². The Hall–Kier alpha value is -2.50. The van der Waals surface area contributed by atoms with Gasteiger partial charge in [-0.25, -0.2) is 9.59 Å². The molecule has 0 amide bonds. The summed E-state index contributed by atoms with van der Waals surface area (Å²) in [6.07, 6.45) is 1.39. The molecule has 6 nitrogen and oxygen atoms in total. The van der Waals surface area contributed by atoms with Crippen molar-refractivity contribution >= 4 is 18.0 Å². The van der Waals surface area contributed by atoms with Crippen molar-refractivity contribution in [3.63, 3.8) is 0 Å². The quantitative estimate of drug-likeness (QED) is 0.760. The fourth-order valence-corrected chi connectivity index (χ4v) is 1.29. The number of carboxylic acid groups (broad SMARTS) is 2. The van der Waals surface area contributed by atoms with E-state index in [0.29, 0.717) is 11.3 Å². The molecule has 2 N–H and O–H groups in total. The Labute approximate surface area is 109 Å². The third-order valence-electron chi connectivity index (χ3n) is 2.26. The molecule has 6 heteroatoms. The number of carboxylic acids is 2. The van der Waals surface area contributed by atoms with Crippen LogP contribution in [0.1, 0.15) is 12.5 Å². The van der Waals surface area contributed by atoms with E-state index in [2.05, 4.69) is 0 Å². The normalized spacial score (nSPS) is 12.1. The highest BCUT2D eigenvalue weighted by Crippen LogP contribution is 2.29. The number of hydrogen-bond acceptors (Lipinski definition) is 4. The monoisotopic (exact) mass is 266 g/mol. The van der Waals surface area contributed by atoms with E-state index >= 15 is 0 Å². The van der Waals surface area contributed by atoms with Gasteiger partial charge < -0.3 is 19.7 Å². The lowest BCUT2D eigenvalue weighted by Crippen LogP contribution is -2.23. The first kappa shape index (κ1) is 14.6. The second-order valence-electron chi connectivity index (χ2n) is 3.68. The number of aliphatic carboxylic acids is 2. The van der Waals surface area contributed by atoms with Gasteiger partial charge in [0, 0.05) is 6.08 Å². The highest BCUT2D eigenvalue weighted by Gasteiger charge is 2.15. The average molecular weight is 266 g/mol. The molecule has 1 unspecified atom stereocenters. The Balaban J connectivity index is 2.96. The Morgan fingerprint density at radius 1 is 1.26 bits per heavy atom. The molecule has 1 aromatic carbocycles. The van der Waals surface area contributed by atoms with E-state index in [4.69, 9.17) is 19.7 Å². The van der Waals surface area contributed by atoms with Gasteiger partial charge in [-0.2, -0.15) is 0 Å². The Morgan fingerprint density at radius 2 is 1.95 bits per heavy atom. The Kier molecular flexibility index (Phi) is 4.93. The van der Waals surface area contributed by atoms with Gasteiger partial charge in [0.15, 0.2) is 17.6 Å². The summed E-state index contributed by atoms with van der Waals surface area (Å²) >= 11 is 0. The summed E-state index contributed by atoms with van der Waals surface area (Å²) < 4.78 is 10.3. The van der Waals surface area contributed by atoms with E-state index < -0.39 is 18.0 Å². The van der Waals surface area contributed by atoms with Crippen LogP contribution in [0.4, 0.5) is 0 Å². The second kappa shape index (κ2) is 6.44. The molecule has 0 fully saturated rings. The summed E-state index contributed by atoms with van der Waals surface area (Å²) in [5, 5.41) is 17.3. The molecule has 0 bridgehead atoms. The SMILES string of the molecule is COc1cc(C=CC(=O)O)ccc1OC(C)C(=O)O. The van der Waals surface area contributed by atoms with Crippen molar-refractivity contribution in [2.75, 3.05) is 7.11 Å². The first-order valence-electron chi connectivity index (χ1n) is 5.42. The molecule has 0 aromatic heterocycles. The van der Waals surface area contributed by atoms with Crippen LogP contribution in [0.25, 0.3) is 6.08 Å². The number of ether oxygens (including phenoxy) is 2. The van der Waals surface area contributed by atoms with Crippen LogP contribution >= 0.6 is 0 Å². The molecule has 0 radical (unpaired) electrons. The molecule has 102 valence electrons. The van der Waals surface area contributed by atoms with Crippen molar-refractivity contribution in [2.45, 2.75) is 13.0 Å². The van der Waals surface area contributed by atoms with E-state index in [1.807, 2.05) is 0 Å². The molecule has 0 aliphatic heterocycles. The summed E-state index contributed by atoms with van der Waals surface area (Å²) in [7, 11) is 1.41. The molecule has 1 rings (SSSR count). The number of hydrogen-bond donors (Lipinski definition) is 2. The van der Waals surface area contributed by atoms with Gasteiger partial charge in [-0.15, -0.1) is 0 Å². The van der Waals surface area contributed by atoms with E-state index in [1.54, 1.807) is 12.1 Å². The molecule has 1 aromatic rings. The average Bonchev–Trinajstić information content (AvgIpc) is 2.37. The largest absolute Gasteiger partial charge is 0.493 e. The van der Waals surface area contributed by atoms with Gasteiger partial charge in [-0.1, -0.05) is 6.07 Å². The first-order chi connectivity index (χ1) is 8.93. The smallest absolute Gasteiger partial charge is 0.344 e. The highest BCUT2D eigenvalue weighted by atomic mass is 16.5. The second-order valence-corrected chi connectivity index (χ2v) is 3.68. The van der Waals surface area contributed by atoms with Crippen LogP contribution in [0, 0.1) is 0 Å². The summed E-state index contributed by atoms with van der Waals surface area (Å²) in [4.78, 5) is 21.1. The Morgan fingerprint density at radius 3 is 2.47 bits per heavy atom. The van der Waals surface area contributed by atoms with Crippen LogP contribution in [0.15, 0.2) is 24.3 Å². The third-order valence-corrected chi connectivity index (χ3v) is 2.26. The zero-order chi connectivity index (χ0) is 14.4. The lowest BCUT2D eigenvalue weighted by Gasteiger charge is -2.14. The standard InChI is InChI=1S/C13H14O6/c1-8(13(16)17)19-10-5-3-9(4-6-12(14)15)7-11(10)18-2/h3-8H,1-2H3,(H,14,15)(H,16,17). The van der Waals surface area contributed by atoms with Gasteiger partial charge in [0.25, 0.3) is 0 Å². The lowest BCUT2D eigenvalue weighted by molar-refractivity contribution is -0.144. The van der Waals surface area contributed by atoms with Crippen molar-refractivity contribution in [1.82, 2.24) is 0 Å². The molecule has 0 saturated heterocycles. The summed E-state index contributed by atoms with van der Waals surface area (Å²) in [5.74, 6) is -1.53. The van der Waals surface area contributed by atoms with Crippen molar-refractivity contribution in [3.05, 3.63) is 29.8 Å². The number of benzene rings is 1. The minimum Gasteiger partial charge on any atom is -0.493 e. The van der Waals surface area contributed by atoms with Crippen LogP contribution < -0.4 is 9.47 Å². The van der Waals surface area contributed by atoms with Crippen LogP contribution in [0.2, 0.25) is 0 Å². The summed E-state index contributed by atoms with van der Waals surface area (Å²) in [5.41, 5.74) is 0.606. The van der Waals surface area contributed by atoms with Gasteiger partial charge >= 0.3 is 11.9 Å². The zero-order valence-electron chi connectivity index (χ0n) is 10.5. The third kappa shape index (κ3) is 4.34. The molecule has 0 aliphatic carbocycles. The molecule has 0 heterocycles. The maximum atomic E-state index is 10.7. The predicted molar refractivity (Wildman–Crippen MR) is 67.4 cm³/mol. The highest BCUT2D eigenvalue weighted by molar-refractivity contribution is 5.85. The summed E-state index contributed by atoms with van der Waals surface area (Å²) in [6.45, 7) is 1.40. The minimum absolute atomic E-state index is 0.282. The van der Waals surface area contributed by atoms with Gasteiger partial charge in [0.2, 0.25) is 0 Å². The van der Waals surface area contributed by atoms with Crippen molar-refractivity contribution in [3.8, 4) is 11.5 Å². The van der Waals surface area contributed by atoms with E-state index in [9.17, 15) is 9.59 Å². The van der Waals surface area contributed by atoms with Gasteiger partial charge in [0.05, 0.1) is 7.11 Å². The fourth-order valence-electron chi connectivity index (χ4n) is 1.29. The van der Waals surface area contributed by atoms with Gasteiger partial charge in [-0.3, -0.25) is 0 Å². The number of carbonyl (C=O) groups is 2. The minimum atomic E-state index is -1.09. The number of methoxy groups -OCH3 is 1. The fraction of sp³-hybridized carbons (Fsp3) is 0.231. The van der Waals surface area contributed by atoms with E-state index in [1.165, 1.54) is 26.2 Å². The van der Waals surface area contributed by atoms with Crippen LogP contribution in [-0.4, -0.2) is 35.4 Å². The van der Waals surface area contributed by atoms with Gasteiger partial charge in [-0.05, 0) is 30.7 Å². The predicted octanol–water partition coefficient (Wildman–Crippen LogP) is 1.64. The zero-order valence-corrected chi connectivity index (χ0v) is 10.5. The molecule has 0 spiro atoms. The molecular formula is C13H14O6.